The molecule has 1 aromatic rings. The van der Waals surface area contributed by atoms with E-state index in [1.54, 1.807) is 11.3 Å². The van der Waals surface area contributed by atoms with Gasteiger partial charge in [-0.25, -0.2) is 0 Å². The molecular weight excluding hydrogens is 322 g/mol. The van der Waals surface area contributed by atoms with Crippen molar-refractivity contribution >= 4 is 33.2 Å². The third-order valence-electron chi connectivity index (χ3n) is 4.57. The van der Waals surface area contributed by atoms with Gasteiger partial charge in [-0.3, -0.25) is 4.79 Å². The summed E-state index contributed by atoms with van der Waals surface area (Å²) in [4.78, 5) is 14.8. The fraction of sp³-hybridized carbons (Fsp3) is 0.667. The van der Waals surface area contributed by atoms with Gasteiger partial charge < -0.3 is 4.90 Å². The Morgan fingerprint density at radius 1 is 1.21 bits per heavy atom. The zero-order valence-corrected chi connectivity index (χ0v) is 13.5. The van der Waals surface area contributed by atoms with Crippen LogP contribution < -0.4 is 0 Å². The Morgan fingerprint density at radius 2 is 2.00 bits per heavy atom. The monoisotopic (exact) mass is 341 g/mol. The van der Waals surface area contributed by atoms with Gasteiger partial charge >= 0.3 is 0 Å². The van der Waals surface area contributed by atoms with Crippen molar-refractivity contribution in [3.63, 3.8) is 0 Å². The molecule has 1 saturated heterocycles. The molecule has 0 aromatic carbocycles. The molecule has 0 radical (unpaired) electrons. The summed E-state index contributed by atoms with van der Waals surface area (Å²) >= 11 is 5.05. The molecule has 0 bridgehead atoms. The first-order valence-electron chi connectivity index (χ1n) is 7.31. The molecule has 1 aliphatic heterocycles. The molecule has 2 nitrogen and oxygen atoms in total. The molecule has 2 aliphatic rings. The van der Waals surface area contributed by atoms with Gasteiger partial charge in [-0.2, -0.15) is 0 Å². The van der Waals surface area contributed by atoms with Gasteiger partial charge in [-0.1, -0.05) is 19.3 Å². The standard InChI is InChI=1S/C15H20BrNOS/c16-14-9-12(10-19-14)15(18)17-8-4-7-13(17)11-5-2-1-3-6-11/h9-11,13H,1-8H2. The number of halogens is 1. The Balaban J connectivity index is 1.73. The molecule has 1 aliphatic carbocycles. The van der Waals surface area contributed by atoms with Crippen LogP contribution in [-0.2, 0) is 0 Å². The van der Waals surface area contributed by atoms with Crippen LogP contribution in [0.2, 0.25) is 0 Å². The van der Waals surface area contributed by atoms with E-state index in [2.05, 4.69) is 20.8 Å². The minimum atomic E-state index is 0.245. The average Bonchev–Trinajstić information content (AvgIpc) is 3.07. The topological polar surface area (TPSA) is 20.3 Å². The lowest BCUT2D eigenvalue weighted by Crippen LogP contribution is -2.40. The quantitative estimate of drug-likeness (QED) is 0.763. The van der Waals surface area contributed by atoms with Crippen LogP contribution >= 0.6 is 27.3 Å². The van der Waals surface area contributed by atoms with Crippen LogP contribution in [0.25, 0.3) is 0 Å². The molecule has 19 heavy (non-hydrogen) atoms. The molecule has 0 N–H and O–H groups in total. The van der Waals surface area contributed by atoms with Crippen molar-refractivity contribution < 1.29 is 4.79 Å². The number of hydrogen-bond acceptors (Lipinski definition) is 2. The lowest BCUT2D eigenvalue weighted by Gasteiger charge is -2.34. The third kappa shape index (κ3) is 2.89. The second-order valence-electron chi connectivity index (χ2n) is 5.75. The summed E-state index contributed by atoms with van der Waals surface area (Å²) in [6, 6.07) is 2.47. The number of rotatable bonds is 2. The van der Waals surface area contributed by atoms with Crippen molar-refractivity contribution in [2.45, 2.75) is 51.0 Å². The number of amides is 1. The minimum absolute atomic E-state index is 0.245. The molecule has 1 atom stereocenters. The van der Waals surface area contributed by atoms with E-state index in [0.717, 1.165) is 21.8 Å². The smallest absolute Gasteiger partial charge is 0.254 e. The highest BCUT2D eigenvalue weighted by Gasteiger charge is 2.35. The number of nitrogens with zero attached hydrogens (tertiary/aromatic N) is 1. The minimum Gasteiger partial charge on any atom is -0.335 e. The number of hydrogen-bond donors (Lipinski definition) is 0. The van der Waals surface area contributed by atoms with E-state index in [1.165, 1.54) is 44.9 Å². The van der Waals surface area contributed by atoms with Crippen molar-refractivity contribution in [2.75, 3.05) is 6.54 Å². The highest BCUT2D eigenvalue weighted by Crippen LogP contribution is 2.35. The Bertz CT molecular complexity index is 453. The largest absolute Gasteiger partial charge is 0.335 e. The number of likely N-dealkylation sites (tertiary alicyclic amines) is 1. The van der Waals surface area contributed by atoms with Gasteiger partial charge in [0.15, 0.2) is 0 Å². The summed E-state index contributed by atoms with van der Waals surface area (Å²) in [6.45, 7) is 0.952. The van der Waals surface area contributed by atoms with Crippen LogP contribution in [0.15, 0.2) is 15.2 Å². The van der Waals surface area contributed by atoms with Gasteiger partial charge in [0.25, 0.3) is 5.91 Å². The maximum Gasteiger partial charge on any atom is 0.254 e. The second kappa shape index (κ2) is 5.96. The van der Waals surface area contributed by atoms with E-state index in [-0.39, 0.29) is 5.91 Å². The highest BCUT2D eigenvalue weighted by molar-refractivity contribution is 9.11. The summed E-state index contributed by atoms with van der Waals surface area (Å²) in [5.41, 5.74) is 0.861. The zero-order chi connectivity index (χ0) is 13.2. The predicted molar refractivity (Wildman–Crippen MR) is 82.7 cm³/mol. The van der Waals surface area contributed by atoms with E-state index in [4.69, 9.17) is 0 Å². The van der Waals surface area contributed by atoms with E-state index >= 15 is 0 Å². The van der Waals surface area contributed by atoms with Crippen LogP contribution in [0.5, 0.6) is 0 Å². The molecule has 2 heterocycles. The lowest BCUT2D eigenvalue weighted by atomic mass is 9.83. The van der Waals surface area contributed by atoms with E-state index in [1.807, 2.05) is 11.4 Å². The van der Waals surface area contributed by atoms with E-state index in [9.17, 15) is 4.79 Å². The Labute approximate surface area is 127 Å². The first kappa shape index (κ1) is 13.6. The summed E-state index contributed by atoms with van der Waals surface area (Å²) < 4.78 is 1.05. The molecule has 3 rings (SSSR count). The summed E-state index contributed by atoms with van der Waals surface area (Å²) in [5, 5.41) is 1.97. The van der Waals surface area contributed by atoms with Crippen molar-refractivity contribution in [3.8, 4) is 0 Å². The van der Waals surface area contributed by atoms with E-state index in [0.29, 0.717) is 6.04 Å². The first-order valence-corrected chi connectivity index (χ1v) is 8.98. The normalized spacial score (nSPS) is 24.9. The fourth-order valence-corrected chi connectivity index (χ4v) is 4.77. The van der Waals surface area contributed by atoms with Crippen LogP contribution in [-0.4, -0.2) is 23.4 Å². The van der Waals surface area contributed by atoms with Gasteiger partial charge in [0, 0.05) is 18.0 Å². The fourth-order valence-electron chi connectivity index (χ4n) is 3.64. The molecule has 104 valence electrons. The van der Waals surface area contributed by atoms with E-state index < -0.39 is 0 Å². The van der Waals surface area contributed by atoms with Crippen molar-refractivity contribution in [1.29, 1.82) is 0 Å². The zero-order valence-electron chi connectivity index (χ0n) is 11.1. The molecule has 0 spiro atoms. The summed E-state index contributed by atoms with van der Waals surface area (Å²) in [5.74, 6) is 0.997. The molecule has 1 unspecified atom stereocenters. The number of carbonyl (C=O) groups is 1. The predicted octanol–water partition coefficient (Wildman–Crippen LogP) is 4.70. The Hall–Kier alpha value is -0.350. The maximum absolute atomic E-state index is 12.6. The molecule has 1 amide bonds. The molecule has 4 heteroatoms. The van der Waals surface area contributed by atoms with Gasteiger partial charge in [0.2, 0.25) is 0 Å². The number of thiophene rings is 1. The second-order valence-corrected chi connectivity index (χ2v) is 8.04. The Kier molecular flexibility index (Phi) is 4.27. The Morgan fingerprint density at radius 3 is 2.68 bits per heavy atom. The average molecular weight is 342 g/mol. The number of carbonyl (C=O) groups excluding carboxylic acids is 1. The summed E-state index contributed by atoms with van der Waals surface area (Å²) in [6.07, 6.45) is 9.12. The lowest BCUT2D eigenvalue weighted by molar-refractivity contribution is 0.0662. The molecule has 2 fully saturated rings. The van der Waals surface area contributed by atoms with Crippen LogP contribution in [0, 0.1) is 5.92 Å². The highest BCUT2D eigenvalue weighted by atomic mass is 79.9. The maximum atomic E-state index is 12.6. The van der Waals surface area contributed by atoms with Crippen molar-refractivity contribution in [2.24, 2.45) is 5.92 Å². The SMILES string of the molecule is O=C(c1csc(Br)c1)N1CCCC1C1CCCCC1. The van der Waals surface area contributed by atoms with Gasteiger partial charge in [0.1, 0.15) is 0 Å². The van der Waals surface area contributed by atoms with Crippen LogP contribution in [0.1, 0.15) is 55.3 Å². The van der Waals surface area contributed by atoms with Crippen molar-refractivity contribution in [1.82, 2.24) is 4.90 Å². The molecule has 1 saturated carbocycles. The molecular formula is C15H20BrNOS. The van der Waals surface area contributed by atoms with Gasteiger partial charge in [-0.15, -0.1) is 11.3 Å². The van der Waals surface area contributed by atoms with Crippen molar-refractivity contribution in [3.05, 3.63) is 20.8 Å². The third-order valence-corrected chi connectivity index (χ3v) is 6.07. The van der Waals surface area contributed by atoms with Gasteiger partial charge in [0.05, 0.1) is 9.35 Å². The molecule has 1 aromatic heterocycles. The first-order chi connectivity index (χ1) is 9.25. The van der Waals surface area contributed by atoms with Gasteiger partial charge in [-0.05, 0) is 53.6 Å². The van der Waals surface area contributed by atoms with Crippen LogP contribution in [0.4, 0.5) is 0 Å². The summed E-state index contributed by atoms with van der Waals surface area (Å²) in [7, 11) is 0. The van der Waals surface area contributed by atoms with Crippen LogP contribution in [0.3, 0.4) is 0 Å².